The summed E-state index contributed by atoms with van der Waals surface area (Å²) < 4.78 is 39.1. The Kier molecular flexibility index (Phi) is 8.84. The number of sulfonamides is 1. The zero-order valence-electron chi connectivity index (χ0n) is 18.1. The van der Waals surface area contributed by atoms with Gasteiger partial charge in [0.1, 0.15) is 5.82 Å². The molecule has 170 valence electrons. The number of halogens is 2. The number of nitrogens with zero attached hydrogens (tertiary/aromatic N) is 2. The highest BCUT2D eigenvalue weighted by Crippen LogP contribution is 2.47. The molecule has 3 rings (SSSR count). The van der Waals surface area contributed by atoms with Gasteiger partial charge in [-0.25, -0.2) is 22.1 Å². The molecule has 0 atom stereocenters. The summed E-state index contributed by atoms with van der Waals surface area (Å²) in [4.78, 5) is 4.87. The maximum atomic E-state index is 13.6. The summed E-state index contributed by atoms with van der Waals surface area (Å²) in [6.45, 7) is 3.82. The van der Waals surface area contributed by atoms with Crippen LogP contribution < -0.4 is 10.6 Å². The summed E-state index contributed by atoms with van der Waals surface area (Å²) in [6, 6.07) is 13.6. The van der Waals surface area contributed by atoms with E-state index in [1.165, 1.54) is 24.5 Å². The Balaban J connectivity index is 0.00000341. The van der Waals surface area contributed by atoms with Gasteiger partial charge in [0.25, 0.3) is 0 Å². The molecule has 1 saturated carbocycles. The van der Waals surface area contributed by atoms with Gasteiger partial charge in [0.05, 0.1) is 11.4 Å². The second-order valence-corrected chi connectivity index (χ2v) is 9.92. The van der Waals surface area contributed by atoms with Gasteiger partial charge in [-0.1, -0.05) is 24.3 Å². The first-order valence-corrected chi connectivity index (χ1v) is 11.5. The fourth-order valence-electron chi connectivity index (χ4n) is 3.28. The van der Waals surface area contributed by atoms with Crippen molar-refractivity contribution in [3.8, 4) is 0 Å². The van der Waals surface area contributed by atoms with Crippen LogP contribution in [0.15, 0.2) is 58.4 Å². The van der Waals surface area contributed by atoms with E-state index < -0.39 is 10.0 Å². The maximum Gasteiger partial charge on any atom is 0.242 e. The molecule has 0 unspecified atom stereocenters. The molecule has 2 N–H and O–H groups in total. The van der Waals surface area contributed by atoms with Crippen LogP contribution in [0, 0.1) is 5.82 Å². The van der Waals surface area contributed by atoms with Gasteiger partial charge in [-0.3, -0.25) is 0 Å². The molecular weight excluding hydrogens is 530 g/mol. The number of rotatable bonds is 8. The number of hydrogen-bond donors (Lipinski definition) is 2. The molecular formula is C22H30FIN4O2S. The predicted molar refractivity (Wildman–Crippen MR) is 133 cm³/mol. The molecule has 0 bridgehead atoms. The van der Waals surface area contributed by atoms with Gasteiger partial charge in [-0.05, 0) is 55.2 Å². The van der Waals surface area contributed by atoms with Crippen molar-refractivity contribution in [1.82, 2.24) is 14.9 Å². The van der Waals surface area contributed by atoms with Crippen LogP contribution in [-0.2, 0) is 22.0 Å². The van der Waals surface area contributed by atoms with Crippen molar-refractivity contribution in [1.29, 1.82) is 0 Å². The van der Waals surface area contributed by atoms with Crippen molar-refractivity contribution >= 4 is 40.0 Å². The van der Waals surface area contributed by atoms with Crippen molar-refractivity contribution in [3.05, 3.63) is 65.5 Å². The van der Waals surface area contributed by atoms with E-state index in [2.05, 4.69) is 15.6 Å². The van der Waals surface area contributed by atoms with Gasteiger partial charge in [0.15, 0.2) is 5.96 Å². The number of hydrogen-bond acceptors (Lipinski definition) is 3. The zero-order chi connectivity index (χ0) is 21.8. The van der Waals surface area contributed by atoms with Crippen molar-refractivity contribution < 1.29 is 12.8 Å². The molecule has 0 saturated heterocycles. The summed E-state index contributed by atoms with van der Waals surface area (Å²) in [6.07, 6.45) is 2.04. The van der Waals surface area contributed by atoms with Crippen LogP contribution >= 0.6 is 24.0 Å². The summed E-state index contributed by atoms with van der Waals surface area (Å²) >= 11 is 0. The van der Waals surface area contributed by atoms with Gasteiger partial charge in [-0.15, -0.1) is 24.0 Å². The monoisotopic (exact) mass is 560 g/mol. The fourth-order valence-corrected chi connectivity index (χ4v) is 4.18. The third-order valence-corrected chi connectivity index (χ3v) is 7.18. The molecule has 1 fully saturated rings. The number of guanidine groups is 1. The minimum absolute atomic E-state index is 0. The summed E-state index contributed by atoms with van der Waals surface area (Å²) in [5.41, 5.74) is 1.89. The first-order chi connectivity index (χ1) is 14.3. The van der Waals surface area contributed by atoms with Crippen molar-refractivity contribution in [3.63, 3.8) is 0 Å². The molecule has 2 aromatic rings. The predicted octanol–water partition coefficient (Wildman–Crippen LogP) is 3.48. The first-order valence-electron chi connectivity index (χ1n) is 10.1. The molecule has 0 aliphatic heterocycles. The Bertz CT molecular complexity index is 1010. The quantitative estimate of drug-likeness (QED) is 0.295. The second kappa shape index (κ2) is 10.7. The largest absolute Gasteiger partial charge is 0.357 e. The van der Waals surface area contributed by atoms with Crippen LogP contribution in [0.1, 0.15) is 30.9 Å². The summed E-state index contributed by atoms with van der Waals surface area (Å²) in [5, 5.41) is 6.61. The molecule has 0 heterocycles. The number of aliphatic imine (C=N–C) groups is 1. The lowest BCUT2D eigenvalue weighted by atomic mass is 9.96. The van der Waals surface area contributed by atoms with E-state index in [0.29, 0.717) is 19.0 Å². The Morgan fingerprint density at radius 3 is 2.35 bits per heavy atom. The van der Waals surface area contributed by atoms with Crippen LogP contribution in [0.3, 0.4) is 0 Å². The fraction of sp³-hybridized carbons (Fsp3) is 0.409. The van der Waals surface area contributed by atoms with Crippen molar-refractivity contribution in [2.24, 2.45) is 4.99 Å². The Morgan fingerprint density at radius 2 is 1.81 bits per heavy atom. The van der Waals surface area contributed by atoms with Gasteiger partial charge in [-0.2, -0.15) is 0 Å². The molecule has 0 spiro atoms. The van der Waals surface area contributed by atoms with Gasteiger partial charge in [0, 0.05) is 32.6 Å². The van der Waals surface area contributed by atoms with Crippen LogP contribution in [0.4, 0.5) is 4.39 Å². The standard InChI is InChI=1S/C22H29FN4O2S.HI/c1-4-24-21(26-16-22(12-13-22)18-6-5-7-19(23)14-18)25-15-17-8-10-20(11-9-17)30(28,29)27(2)3;/h5-11,14H,4,12-13,15-16H2,1-3H3,(H2,24,25,26);1H. The van der Waals surface area contributed by atoms with Gasteiger partial charge >= 0.3 is 0 Å². The Morgan fingerprint density at radius 1 is 1.13 bits per heavy atom. The maximum absolute atomic E-state index is 13.6. The summed E-state index contributed by atoms with van der Waals surface area (Å²) in [7, 11) is -0.410. The van der Waals surface area contributed by atoms with E-state index in [0.717, 1.165) is 30.5 Å². The van der Waals surface area contributed by atoms with E-state index >= 15 is 0 Å². The van der Waals surface area contributed by atoms with E-state index in [-0.39, 0.29) is 40.1 Å². The number of nitrogens with one attached hydrogen (secondary N) is 2. The second-order valence-electron chi connectivity index (χ2n) is 7.77. The van der Waals surface area contributed by atoms with Crippen molar-refractivity contribution in [2.75, 3.05) is 27.2 Å². The molecule has 0 amide bonds. The van der Waals surface area contributed by atoms with Gasteiger partial charge in [0.2, 0.25) is 10.0 Å². The topological polar surface area (TPSA) is 73.8 Å². The molecule has 1 aliphatic rings. The highest BCUT2D eigenvalue weighted by molar-refractivity contribution is 14.0. The van der Waals surface area contributed by atoms with E-state index in [1.54, 1.807) is 36.4 Å². The Hall–Kier alpha value is -1.72. The average Bonchev–Trinajstić information content (AvgIpc) is 3.51. The van der Waals surface area contributed by atoms with E-state index in [4.69, 9.17) is 0 Å². The van der Waals surface area contributed by atoms with Crippen LogP contribution in [0.2, 0.25) is 0 Å². The molecule has 9 heteroatoms. The van der Waals surface area contributed by atoms with E-state index in [9.17, 15) is 12.8 Å². The average molecular weight is 560 g/mol. The van der Waals surface area contributed by atoms with E-state index in [1.807, 2.05) is 13.0 Å². The zero-order valence-corrected chi connectivity index (χ0v) is 21.2. The smallest absolute Gasteiger partial charge is 0.242 e. The summed E-state index contributed by atoms with van der Waals surface area (Å²) in [5.74, 6) is 0.476. The molecule has 31 heavy (non-hydrogen) atoms. The highest BCUT2D eigenvalue weighted by Gasteiger charge is 2.44. The van der Waals surface area contributed by atoms with Gasteiger partial charge < -0.3 is 10.6 Å². The third kappa shape index (κ3) is 6.39. The van der Waals surface area contributed by atoms with Crippen LogP contribution in [0.25, 0.3) is 0 Å². The van der Waals surface area contributed by atoms with Crippen LogP contribution in [-0.4, -0.2) is 45.9 Å². The molecule has 0 aromatic heterocycles. The normalized spacial score (nSPS) is 15.3. The van der Waals surface area contributed by atoms with Crippen molar-refractivity contribution in [2.45, 2.75) is 36.6 Å². The highest BCUT2D eigenvalue weighted by atomic mass is 127. The lowest BCUT2D eigenvalue weighted by molar-refractivity contribution is 0.520. The SMILES string of the molecule is CCNC(=NCc1ccc(S(=O)(=O)N(C)C)cc1)NCC1(c2cccc(F)c2)CC1.I. The molecule has 0 radical (unpaired) electrons. The first kappa shape index (κ1) is 25.5. The minimum atomic E-state index is -3.43. The van der Waals surface area contributed by atoms with Crippen LogP contribution in [0.5, 0.6) is 0 Å². The number of benzene rings is 2. The molecule has 2 aromatic carbocycles. The molecule has 1 aliphatic carbocycles. The third-order valence-electron chi connectivity index (χ3n) is 5.35. The molecule has 6 nitrogen and oxygen atoms in total. The Labute approximate surface area is 201 Å². The lowest BCUT2D eigenvalue weighted by Crippen LogP contribution is -2.41. The minimum Gasteiger partial charge on any atom is -0.357 e. The lowest BCUT2D eigenvalue weighted by Gasteiger charge is -2.19.